The molecule has 2 bridgehead atoms. The van der Waals surface area contributed by atoms with E-state index >= 15 is 0 Å². The van der Waals surface area contributed by atoms with Crippen LogP contribution in [0.1, 0.15) is 45.2 Å². The van der Waals surface area contributed by atoms with Crippen LogP contribution in [-0.2, 0) is 5.41 Å². The molecule has 0 amide bonds. The third-order valence-corrected chi connectivity index (χ3v) is 15.7. The van der Waals surface area contributed by atoms with Crippen molar-refractivity contribution in [3.05, 3.63) is 246 Å². The largest absolute Gasteiger partial charge is 0.208 e. The second-order valence-corrected chi connectivity index (χ2v) is 18.6. The molecular weight excluding hydrogens is 775 g/mol. The summed E-state index contributed by atoms with van der Waals surface area (Å²) in [6.07, 6.45) is 10.1. The van der Waals surface area contributed by atoms with Gasteiger partial charge in [0.25, 0.3) is 0 Å². The molecule has 0 saturated heterocycles. The lowest BCUT2D eigenvalue weighted by Crippen LogP contribution is -2.26. The first-order valence-corrected chi connectivity index (χ1v) is 22.7. The van der Waals surface area contributed by atoms with Crippen molar-refractivity contribution in [1.82, 2.24) is 15.0 Å². The maximum atomic E-state index is 5.38. The van der Waals surface area contributed by atoms with E-state index in [1.54, 1.807) is 5.56 Å². The molecular formula is C61H39N3. The van der Waals surface area contributed by atoms with Crippen LogP contribution in [0, 0.1) is 17.3 Å². The minimum absolute atomic E-state index is 0.323. The standard InChI is InChI=1S/C61H39N3/c1-3-13-36(14-4-1)39-17-11-19-41(31-39)57-62-58(42-20-12-18-40(32-42)37-15-5-2-6-16-37)64-59(63-57)43-25-27-46-44-21-7-9-23-50(44)61(53(46)33-43)51-24-10-8-22-45(51)48-34-47-38-26-28-52-56-55(49(47)35-54(48)61)60(52,56)30-29-38/h1-35,38,52,55-56H/t38?,52?,55-,56?,60?,61?/m0/s1. The molecule has 298 valence electrons. The van der Waals surface area contributed by atoms with E-state index in [2.05, 4.69) is 212 Å². The van der Waals surface area contributed by atoms with Gasteiger partial charge in [0, 0.05) is 28.0 Å². The summed E-state index contributed by atoms with van der Waals surface area (Å²) in [7, 11) is 0. The second-order valence-electron chi connectivity index (χ2n) is 18.6. The molecule has 3 heteroatoms. The quantitative estimate of drug-likeness (QED) is 0.163. The topological polar surface area (TPSA) is 38.7 Å². The third kappa shape index (κ3) is 4.53. The van der Waals surface area contributed by atoms with Gasteiger partial charge in [0.2, 0.25) is 0 Å². The van der Waals surface area contributed by atoms with Crippen LogP contribution < -0.4 is 0 Å². The Morgan fingerprint density at radius 1 is 0.344 bits per heavy atom. The van der Waals surface area contributed by atoms with Gasteiger partial charge >= 0.3 is 0 Å². The number of hydrogen-bond donors (Lipinski definition) is 0. The van der Waals surface area contributed by atoms with Crippen molar-refractivity contribution >= 4 is 0 Å². The molecule has 1 aromatic heterocycles. The maximum Gasteiger partial charge on any atom is 0.164 e. The zero-order chi connectivity index (χ0) is 41.7. The van der Waals surface area contributed by atoms with Crippen molar-refractivity contribution in [2.75, 3.05) is 0 Å². The number of hydrogen-bond acceptors (Lipinski definition) is 3. The predicted octanol–water partition coefficient (Wildman–Crippen LogP) is 14.1. The van der Waals surface area contributed by atoms with E-state index in [0.717, 1.165) is 44.9 Å². The first kappa shape index (κ1) is 34.8. The lowest BCUT2D eigenvalue weighted by Gasteiger charge is -2.32. The van der Waals surface area contributed by atoms with Crippen LogP contribution in [-0.4, -0.2) is 15.0 Å². The third-order valence-electron chi connectivity index (χ3n) is 15.7. The number of rotatable bonds is 5. The van der Waals surface area contributed by atoms with Gasteiger partial charge < -0.3 is 0 Å². The fraction of sp³-hybridized carbons (Fsp3) is 0.0984. The Balaban J connectivity index is 0.951. The first-order chi connectivity index (χ1) is 31.7. The van der Waals surface area contributed by atoms with Crippen LogP contribution in [0.4, 0.5) is 0 Å². The van der Waals surface area contributed by atoms with Crippen LogP contribution in [0.3, 0.4) is 0 Å². The molecule has 3 nitrogen and oxygen atoms in total. The van der Waals surface area contributed by atoms with Crippen LogP contribution in [0.5, 0.6) is 0 Å². The van der Waals surface area contributed by atoms with E-state index in [-0.39, 0.29) is 0 Å². The predicted molar refractivity (Wildman–Crippen MR) is 256 cm³/mol. The molecule has 0 N–H and O–H groups in total. The maximum absolute atomic E-state index is 5.38. The molecule has 8 aromatic carbocycles. The summed E-state index contributed by atoms with van der Waals surface area (Å²) in [5.74, 6) is 4.33. The van der Waals surface area contributed by atoms with Crippen molar-refractivity contribution in [1.29, 1.82) is 0 Å². The summed E-state index contributed by atoms with van der Waals surface area (Å²) in [6, 6.07) is 68.7. The van der Waals surface area contributed by atoms with Gasteiger partial charge in [-0.05, 0) is 120 Å². The SMILES string of the molecule is C1=CC2C3[C@@H]4c5cc6c(cc5C1C=CC234)-c1ccccc1C61c2ccccc2-c2ccc(-c3nc(-c4cccc(-c5ccccc5)c4)nc(-c4cccc(-c5ccccc5)c4)n3)cc21. The first-order valence-electron chi connectivity index (χ1n) is 22.7. The fourth-order valence-electron chi connectivity index (χ4n) is 12.7. The van der Waals surface area contributed by atoms with Gasteiger partial charge in [0.15, 0.2) is 17.5 Å². The van der Waals surface area contributed by atoms with E-state index in [1.165, 1.54) is 50.1 Å². The molecule has 1 heterocycles. The minimum atomic E-state index is -0.490. The van der Waals surface area contributed by atoms with Gasteiger partial charge in [0.1, 0.15) is 0 Å². The van der Waals surface area contributed by atoms with E-state index in [1.807, 2.05) is 0 Å². The van der Waals surface area contributed by atoms with Crippen molar-refractivity contribution in [3.63, 3.8) is 0 Å². The summed E-state index contributed by atoms with van der Waals surface area (Å²) in [5, 5.41) is 0. The number of aromatic nitrogens is 3. The summed E-state index contributed by atoms with van der Waals surface area (Å²) in [5.41, 5.74) is 21.0. The molecule has 2 fully saturated rings. The molecule has 2 spiro atoms. The Morgan fingerprint density at radius 2 is 0.859 bits per heavy atom. The van der Waals surface area contributed by atoms with Crippen LogP contribution >= 0.6 is 0 Å². The lowest BCUT2D eigenvalue weighted by atomic mass is 9.69. The average molecular weight is 814 g/mol. The highest BCUT2D eigenvalue weighted by Gasteiger charge is 2.85. The van der Waals surface area contributed by atoms with E-state index in [0.29, 0.717) is 40.6 Å². The molecule has 6 aliphatic rings. The fourth-order valence-corrected chi connectivity index (χ4v) is 12.7. The zero-order valence-electron chi connectivity index (χ0n) is 34.9. The van der Waals surface area contributed by atoms with Gasteiger partial charge in [-0.15, -0.1) is 0 Å². The van der Waals surface area contributed by atoms with E-state index in [9.17, 15) is 0 Å². The molecule has 0 radical (unpaired) electrons. The van der Waals surface area contributed by atoms with Crippen LogP contribution in [0.25, 0.3) is 78.7 Å². The number of allylic oxidation sites excluding steroid dienone is 4. The summed E-state index contributed by atoms with van der Waals surface area (Å²) in [4.78, 5) is 16.0. The Bertz CT molecular complexity index is 3450. The Morgan fingerprint density at radius 3 is 1.50 bits per heavy atom. The molecule has 6 atom stereocenters. The number of nitrogens with zero attached hydrogens (tertiary/aromatic N) is 3. The molecule has 0 aliphatic heterocycles. The number of benzene rings is 8. The van der Waals surface area contributed by atoms with Gasteiger partial charge in [-0.1, -0.05) is 188 Å². The monoisotopic (exact) mass is 813 g/mol. The van der Waals surface area contributed by atoms with Gasteiger partial charge in [-0.25, -0.2) is 15.0 Å². The van der Waals surface area contributed by atoms with Crippen molar-refractivity contribution < 1.29 is 0 Å². The van der Waals surface area contributed by atoms with Crippen molar-refractivity contribution in [2.45, 2.75) is 17.3 Å². The smallest absolute Gasteiger partial charge is 0.164 e. The van der Waals surface area contributed by atoms with Crippen LogP contribution in [0.15, 0.2) is 212 Å². The van der Waals surface area contributed by atoms with Crippen LogP contribution in [0.2, 0.25) is 0 Å². The van der Waals surface area contributed by atoms with Gasteiger partial charge in [0.05, 0.1) is 5.41 Å². The zero-order valence-corrected chi connectivity index (χ0v) is 34.9. The minimum Gasteiger partial charge on any atom is -0.208 e. The summed E-state index contributed by atoms with van der Waals surface area (Å²) >= 11 is 0. The number of fused-ring (bicyclic) bond motifs is 16. The normalized spacial score (nSPS) is 23.6. The molecule has 2 saturated carbocycles. The van der Waals surface area contributed by atoms with E-state index in [4.69, 9.17) is 15.0 Å². The molecule has 64 heavy (non-hydrogen) atoms. The summed E-state index contributed by atoms with van der Waals surface area (Å²) in [6.45, 7) is 0. The Kier molecular flexibility index (Phi) is 6.77. The Hall–Kier alpha value is -7.75. The highest BCUT2D eigenvalue weighted by atomic mass is 15.0. The highest BCUT2D eigenvalue weighted by molar-refractivity contribution is 5.96. The molecule has 9 aromatic rings. The second kappa shape index (κ2) is 12.5. The van der Waals surface area contributed by atoms with Crippen molar-refractivity contribution in [2.24, 2.45) is 17.3 Å². The van der Waals surface area contributed by atoms with Crippen molar-refractivity contribution in [3.8, 4) is 78.7 Å². The highest BCUT2D eigenvalue weighted by Crippen LogP contribution is 2.91. The Labute approximate surface area is 372 Å². The van der Waals surface area contributed by atoms with Gasteiger partial charge in [-0.3, -0.25) is 0 Å². The van der Waals surface area contributed by atoms with E-state index < -0.39 is 5.41 Å². The lowest BCUT2D eigenvalue weighted by molar-refractivity contribution is 0.581. The molecule has 15 rings (SSSR count). The van der Waals surface area contributed by atoms with Gasteiger partial charge in [-0.2, -0.15) is 0 Å². The molecule has 5 unspecified atom stereocenters. The molecule has 6 aliphatic carbocycles. The average Bonchev–Trinajstić information content (AvgIpc) is 4.17. The summed E-state index contributed by atoms with van der Waals surface area (Å²) < 4.78 is 0.